The lowest BCUT2D eigenvalue weighted by molar-refractivity contribution is 0.517. The van der Waals surface area contributed by atoms with E-state index in [1.54, 1.807) is 11.3 Å². The summed E-state index contributed by atoms with van der Waals surface area (Å²) in [6.07, 6.45) is 2.10. The SMILES string of the molecule is CCNC(CCc1ccsc1)c1cc(Cl)sc1Cl. The first-order valence-electron chi connectivity index (χ1n) is 5.90. The van der Waals surface area contributed by atoms with E-state index >= 15 is 0 Å². The molecule has 2 aromatic heterocycles. The minimum atomic E-state index is 0.283. The zero-order valence-electron chi connectivity index (χ0n) is 10.1. The highest BCUT2D eigenvalue weighted by atomic mass is 35.5. The lowest BCUT2D eigenvalue weighted by atomic mass is 10.0. The predicted octanol–water partition coefficient (Wildman–Crippen LogP) is 5.40. The smallest absolute Gasteiger partial charge is 0.0991 e. The van der Waals surface area contributed by atoms with E-state index in [0.717, 1.165) is 33.6 Å². The summed E-state index contributed by atoms with van der Waals surface area (Å²) in [5, 5.41) is 7.80. The monoisotopic (exact) mass is 319 g/mol. The molecular formula is C13H15Cl2NS2. The van der Waals surface area contributed by atoms with Crippen molar-refractivity contribution in [1.29, 1.82) is 0 Å². The molecule has 0 spiro atoms. The maximum Gasteiger partial charge on any atom is 0.0991 e. The van der Waals surface area contributed by atoms with Gasteiger partial charge < -0.3 is 5.32 Å². The minimum Gasteiger partial charge on any atom is -0.310 e. The zero-order valence-corrected chi connectivity index (χ0v) is 13.2. The Hall–Kier alpha value is -0.0600. The number of thiophene rings is 2. The van der Waals surface area contributed by atoms with Gasteiger partial charge in [0.2, 0.25) is 0 Å². The molecule has 0 aliphatic heterocycles. The number of halogens is 2. The quantitative estimate of drug-likeness (QED) is 0.751. The fourth-order valence-electron chi connectivity index (χ4n) is 1.95. The maximum absolute atomic E-state index is 6.23. The van der Waals surface area contributed by atoms with Crippen molar-refractivity contribution >= 4 is 45.9 Å². The summed E-state index contributed by atoms with van der Waals surface area (Å²) in [6.45, 7) is 3.04. The maximum atomic E-state index is 6.23. The van der Waals surface area contributed by atoms with Crippen molar-refractivity contribution in [3.8, 4) is 0 Å². The molecule has 2 rings (SSSR count). The second-order valence-corrected chi connectivity index (χ2v) is 7.13. The van der Waals surface area contributed by atoms with Gasteiger partial charge >= 0.3 is 0 Å². The van der Waals surface area contributed by atoms with Gasteiger partial charge in [-0.3, -0.25) is 0 Å². The van der Waals surface area contributed by atoms with Crippen molar-refractivity contribution in [2.75, 3.05) is 6.54 Å². The molecule has 5 heteroatoms. The Labute approximate surface area is 126 Å². The summed E-state index contributed by atoms with van der Waals surface area (Å²) in [4.78, 5) is 0. The van der Waals surface area contributed by atoms with Crippen molar-refractivity contribution in [1.82, 2.24) is 5.32 Å². The molecular weight excluding hydrogens is 305 g/mol. The summed E-state index contributed by atoms with van der Waals surface area (Å²) < 4.78 is 1.56. The average molecular weight is 320 g/mol. The zero-order chi connectivity index (χ0) is 13.0. The molecule has 1 N–H and O–H groups in total. The molecule has 98 valence electrons. The summed E-state index contributed by atoms with van der Waals surface area (Å²) in [5.74, 6) is 0. The topological polar surface area (TPSA) is 12.0 Å². The van der Waals surface area contributed by atoms with Crippen LogP contribution in [0.5, 0.6) is 0 Å². The molecule has 1 unspecified atom stereocenters. The van der Waals surface area contributed by atoms with Gasteiger partial charge in [0.1, 0.15) is 0 Å². The molecule has 0 saturated carbocycles. The van der Waals surface area contributed by atoms with Crippen LogP contribution in [0.2, 0.25) is 8.67 Å². The van der Waals surface area contributed by atoms with Gasteiger partial charge in [-0.25, -0.2) is 0 Å². The van der Waals surface area contributed by atoms with Crippen LogP contribution >= 0.6 is 45.9 Å². The number of rotatable bonds is 6. The first-order valence-corrected chi connectivity index (χ1v) is 8.41. The van der Waals surface area contributed by atoms with Crippen LogP contribution in [0.4, 0.5) is 0 Å². The third-order valence-electron chi connectivity index (χ3n) is 2.81. The van der Waals surface area contributed by atoms with E-state index in [2.05, 4.69) is 29.1 Å². The summed E-state index contributed by atoms with van der Waals surface area (Å²) in [7, 11) is 0. The van der Waals surface area contributed by atoms with E-state index in [1.807, 2.05) is 6.07 Å². The van der Waals surface area contributed by atoms with Gasteiger partial charge in [-0.05, 0) is 47.8 Å². The third-order valence-corrected chi connectivity index (χ3v) is 5.06. The van der Waals surface area contributed by atoms with Gasteiger partial charge in [0, 0.05) is 11.6 Å². The van der Waals surface area contributed by atoms with Crippen LogP contribution in [0.1, 0.15) is 30.5 Å². The van der Waals surface area contributed by atoms with Gasteiger partial charge in [0.05, 0.1) is 8.67 Å². The van der Waals surface area contributed by atoms with Crippen LogP contribution in [0, 0.1) is 0 Å². The van der Waals surface area contributed by atoms with Crippen LogP contribution in [-0.2, 0) is 6.42 Å². The van der Waals surface area contributed by atoms with E-state index in [-0.39, 0.29) is 6.04 Å². The van der Waals surface area contributed by atoms with E-state index in [0.29, 0.717) is 0 Å². The summed E-state index contributed by atoms with van der Waals surface area (Å²) in [6, 6.07) is 4.44. The molecule has 0 aromatic carbocycles. The van der Waals surface area contributed by atoms with Crippen molar-refractivity contribution < 1.29 is 0 Å². The Morgan fingerprint density at radius 3 is 2.78 bits per heavy atom. The number of hydrogen-bond acceptors (Lipinski definition) is 3. The van der Waals surface area contributed by atoms with E-state index in [1.165, 1.54) is 16.9 Å². The van der Waals surface area contributed by atoms with Crippen LogP contribution < -0.4 is 5.32 Å². The highest BCUT2D eigenvalue weighted by molar-refractivity contribution is 7.20. The first kappa shape index (κ1) is 14.4. The second-order valence-electron chi connectivity index (χ2n) is 4.06. The standard InChI is InChI=1S/C13H15Cl2NS2/c1-2-16-11(4-3-9-5-6-17-8-9)10-7-12(14)18-13(10)15/h5-8,11,16H,2-4H2,1H3. The van der Waals surface area contributed by atoms with Gasteiger partial charge in [0.25, 0.3) is 0 Å². The predicted molar refractivity (Wildman–Crippen MR) is 83.4 cm³/mol. The Kier molecular flexibility index (Phi) is 5.52. The molecule has 0 radical (unpaired) electrons. The Bertz CT molecular complexity index is 479. The van der Waals surface area contributed by atoms with Gasteiger partial charge in [-0.15, -0.1) is 11.3 Å². The van der Waals surface area contributed by atoms with Gasteiger partial charge in [0.15, 0.2) is 0 Å². The number of nitrogens with one attached hydrogen (secondary N) is 1. The molecule has 1 nitrogen and oxygen atoms in total. The molecule has 0 aliphatic carbocycles. The van der Waals surface area contributed by atoms with Gasteiger partial charge in [-0.2, -0.15) is 11.3 Å². The average Bonchev–Trinajstić information content (AvgIpc) is 2.94. The van der Waals surface area contributed by atoms with E-state index in [9.17, 15) is 0 Å². The molecule has 0 saturated heterocycles. The fourth-order valence-corrected chi connectivity index (χ4v) is 4.23. The van der Waals surface area contributed by atoms with Crippen LogP contribution in [0.25, 0.3) is 0 Å². The Morgan fingerprint density at radius 2 is 2.22 bits per heavy atom. The Balaban J connectivity index is 2.05. The molecule has 0 amide bonds. The molecule has 0 aliphatic rings. The fraction of sp³-hybridized carbons (Fsp3) is 0.385. The minimum absolute atomic E-state index is 0.283. The number of hydrogen-bond donors (Lipinski definition) is 1. The van der Waals surface area contributed by atoms with Crippen molar-refractivity contribution in [2.45, 2.75) is 25.8 Å². The van der Waals surface area contributed by atoms with E-state index < -0.39 is 0 Å². The highest BCUT2D eigenvalue weighted by Crippen LogP contribution is 2.36. The lowest BCUT2D eigenvalue weighted by Gasteiger charge is -2.17. The second kappa shape index (κ2) is 6.92. The molecule has 18 heavy (non-hydrogen) atoms. The van der Waals surface area contributed by atoms with Crippen molar-refractivity contribution in [2.24, 2.45) is 0 Å². The number of aryl methyl sites for hydroxylation is 1. The molecule has 1 atom stereocenters. The lowest BCUT2D eigenvalue weighted by Crippen LogP contribution is -2.21. The highest BCUT2D eigenvalue weighted by Gasteiger charge is 2.16. The summed E-state index contributed by atoms with van der Waals surface area (Å²) in [5.41, 5.74) is 2.52. The molecule has 0 bridgehead atoms. The normalized spacial score (nSPS) is 12.8. The third kappa shape index (κ3) is 3.72. The first-order chi connectivity index (χ1) is 8.70. The largest absolute Gasteiger partial charge is 0.310 e. The summed E-state index contributed by atoms with van der Waals surface area (Å²) >= 11 is 15.4. The molecule has 2 heterocycles. The van der Waals surface area contributed by atoms with Crippen LogP contribution in [0.15, 0.2) is 22.9 Å². The van der Waals surface area contributed by atoms with Gasteiger partial charge in [-0.1, -0.05) is 30.1 Å². The molecule has 2 aromatic rings. The van der Waals surface area contributed by atoms with Crippen molar-refractivity contribution in [3.05, 3.63) is 42.7 Å². The van der Waals surface area contributed by atoms with Crippen molar-refractivity contribution in [3.63, 3.8) is 0 Å². The molecule has 0 fully saturated rings. The Morgan fingerprint density at radius 1 is 1.39 bits per heavy atom. The van der Waals surface area contributed by atoms with Crippen LogP contribution in [-0.4, -0.2) is 6.54 Å². The van der Waals surface area contributed by atoms with Crippen LogP contribution in [0.3, 0.4) is 0 Å². The van der Waals surface area contributed by atoms with E-state index in [4.69, 9.17) is 23.2 Å².